The van der Waals surface area contributed by atoms with Crippen molar-refractivity contribution >= 4 is 23.6 Å². The van der Waals surface area contributed by atoms with E-state index >= 15 is 0 Å². The first-order valence-corrected chi connectivity index (χ1v) is 7.17. The van der Waals surface area contributed by atoms with Crippen LogP contribution in [0.3, 0.4) is 0 Å². The van der Waals surface area contributed by atoms with E-state index in [2.05, 4.69) is 5.32 Å². The molecule has 0 aliphatic heterocycles. The van der Waals surface area contributed by atoms with Gasteiger partial charge in [0.15, 0.2) is 0 Å². The number of carbonyl (C=O) groups is 2. The van der Waals surface area contributed by atoms with Crippen LogP contribution in [-0.4, -0.2) is 34.5 Å². The van der Waals surface area contributed by atoms with Gasteiger partial charge in [-0.25, -0.2) is 13.6 Å². The molecule has 110 valence electrons. The largest absolute Gasteiger partial charge is 0.480 e. The fraction of sp³-hybridized carbons (Fsp3) is 0.385. The van der Waals surface area contributed by atoms with Crippen LogP contribution in [0.5, 0.6) is 0 Å². The van der Waals surface area contributed by atoms with Crippen LogP contribution in [0, 0.1) is 11.6 Å². The minimum atomic E-state index is -1.18. The number of carboxylic acid groups (broad SMARTS) is 1. The molecule has 0 fully saturated rings. The maximum absolute atomic E-state index is 13.4. The molecule has 20 heavy (non-hydrogen) atoms. The summed E-state index contributed by atoms with van der Waals surface area (Å²) in [7, 11) is 0. The van der Waals surface area contributed by atoms with Crippen molar-refractivity contribution < 1.29 is 23.5 Å². The van der Waals surface area contributed by atoms with E-state index in [9.17, 15) is 18.4 Å². The van der Waals surface area contributed by atoms with Gasteiger partial charge in [0.25, 0.3) is 5.91 Å². The Bertz CT molecular complexity index is 497. The van der Waals surface area contributed by atoms with Crippen LogP contribution < -0.4 is 5.32 Å². The molecule has 0 bridgehead atoms. The second-order valence-electron chi connectivity index (χ2n) is 3.97. The Morgan fingerprint density at radius 2 is 2.10 bits per heavy atom. The quantitative estimate of drug-likeness (QED) is 0.759. The van der Waals surface area contributed by atoms with Gasteiger partial charge in [-0.3, -0.25) is 4.79 Å². The predicted molar refractivity (Wildman–Crippen MR) is 72.9 cm³/mol. The van der Waals surface area contributed by atoms with E-state index in [1.165, 1.54) is 0 Å². The van der Waals surface area contributed by atoms with Gasteiger partial charge in [-0.2, -0.15) is 11.8 Å². The maximum atomic E-state index is 13.4. The highest BCUT2D eigenvalue weighted by molar-refractivity contribution is 7.99. The highest BCUT2D eigenvalue weighted by atomic mass is 32.2. The third kappa shape index (κ3) is 4.80. The first-order chi connectivity index (χ1) is 9.45. The summed E-state index contributed by atoms with van der Waals surface area (Å²) < 4.78 is 26.1. The van der Waals surface area contributed by atoms with Crippen molar-refractivity contribution in [3.05, 3.63) is 35.4 Å². The van der Waals surface area contributed by atoms with Crippen molar-refractivity contribution in [1.82, 2.24) is 5.32 Å². The Morgan fingerprint density at radius 1 is 1.40 bits per heavy atom. The highest BCUT2D eigenvalue weighted by Crippen LogP contribution is 2.11. The van der Waals surface area contributed by atoms with Gasteiger partial charge in [0.05, 0.1) is 5.56 Å². The molecule has 1 aromatic carbocycles. The van der Waals surface area contributed by atoms with E-state index < -0.39 is 29.6 Å². The van der Waals surface area contributed by atoms with Crippen molar-refractivity contribution in [3.63, 3.8) is 0 Å². The molecule has 1 unspecified atom stereocenters. The van der Waals surface area contributed by atoms with Crippen LogP contribution in [0.4, 0.5) is 8.78 Å². The zero-order chi connectivity index (χ0) is 15.1. The SMILES string of the molecule is CCSCCC(NC(=O)c1ccc(F)cc1F)C(=O)O. The third-order valence-electron chi connectivity index (χ3n) is 2.53. The summed E-state index contributed by atoms with van der Waals surface area (Å²) in [5.41, 5.74) is -0.374. The first kappa shape index (κ1) is 16.4. The minimum absolute atomic E-state index is 0.238. The Labute approximate surface area is 119 Å². The van der Waals surface area contributed by atoms with Gasteiger partial charge in [-0.15, -0.1) is 0 Å². The number of aliphatic carboxylic acids is 1. The van der Waals surface area contributed by atoms with Crippen molar-refractivity contribution in [2.24, 2.45) is 0 Å². The monoisotopic (exact) mass is 303 g/mol. The highest BCUT2D eigenvalue weighted by Gasteiger charge is 2.22. The fourth-order valence-electron chi connectivity index (χ4n) is 1.51. The Balaban J connectivity index is 2.72. The Hall–Kier alpha value is -1.63. The fourth-order valence-corrected chi connectivity index (χ4v) is 2.20. The normalized spacial score (nSPS) is 11.9. The van der Waals surface area contributed by atoms with Crippen molar-refractivity contribution in [1.29, 1.82) is 0 Å². The molecule has 0 aliphatic rings. The van der Waals surface area contributed by atoms with Crippen LogP contribution >= 0.6 is 11.8 Å². The second-order valence-corrected chi connectivity index (χ2v) is 5.37. The third-order valence-corrected chi connectivity index (χ3v) is 3.47. The molecule has 0 heterocycles. The number of nitrogens with one attached hydrogen (secondary N) is 1. The van der Waals surface area contributed by atoms with Crippen molar-refractivity contribution in [2.45, 2.75) is 19.4 Å². The summed E-state index contributed by atoms with van der Waals surface area (Å²) in [5, 5.41) is 11.2. The van der Waals surface area contributed by atoms with Crippen LogP contribution in [0.15, 0.2) is 18.2 Å². The van der Waals surface area contributed by atoms with Gasteiger partial charge < -0.3 is 10.4 Å². The molecule has 2 N–H and O–H groups in total. The summed E-state index contributed by atoms with van der Waals surface area (Å²) in [4.78, 5) is 22.8. The molecule has 1 atom stereocenters. The smallest absolute Gasteiger partial charge is 0.326 e. The number of benzene rings is 1. The minimum Gasteiger partial charge on any atom is -0.480 e. The van der Waals surface area contributed by atoms with Gasteiger partial charge in [0.1, 0.15) is 17.7 Å². The lowest BCUT2D eigenvalue weighted by Gasteiger charge is -2.14. The summed E-state index contributed by atoms with van der Waals surface area (Å²) in [6, 6.07) is 1.42. The molecule has 4 nitrogen and oxygen atoms in total. The van der Waals surface area contributed by atoms with Crippen molar-refractivity contribution in [3.8, 4) is 0 Å². The lowest BCUT2D eigenvalue weighted by molar-refractivity contribution is -0.139. The number of hydrogen-bond donors (Lipinski definition) is 2. The Kier molecular flexibility index (Phi) is 6.44. The van der Waals surface area contributed by atoms with Gasteiger partial charge in [0, 0.05) is 6.07 Å². The summed E-state index contributed by atoms with van der Waals surface area (Å²) in [6.45, 7) is 1.94. The average Bonchev–Trinajstić information content (AvgIpc) is 2.37. The van der Waals surface area contributed by atoms with E-state index in [1.807, 2.05) is 6.92 Å². The van der Waals surface area contributed by atoms with Crippen LogP contribution in [0.25, 0.3) is 0 Å². The molecule has 0 radical (unpaired) electrons. The first-order valence-electron chi connectivity index (χ1n) is 6.02. The van der Waals surface area contributed by atoms with Crippen LogP contribution in [0.2, 0.25) is 0 Å². The number of amides is 1. The number of rotatable bonds is 7. The molecule has 0 aliphatic carbocycles. The molecule has 0 saturated carbocycles. The number of thioether (sulfide) groups is 1. The topological polar surface area (TPSA) is 66.4 Å². The standard InChI is InChI=1S/C13H15F2NO3S/c1-2-20-6-5-11(13(18)19)16-12(17)9-4-3-8(14)7-10(9)15/h3-4,7,11H,2,5-6H2,1H3,(H,16,17)(H,18,19). The number of carboxylic acids is 1. The maximum Gasteiger partial charge on any atom is 0.326 e. The van der Waals surface area contributed by atoms with Crippen LogP contribution in [0.1, 0.15) is 23.7 Å². The lowest BCUT2D eigenvalue weighted by Crippen LogP contribution is -2.41. The molecule has 7 heteroatoms. The predicted octanol–water partition coefficient (Wildman–Crippen LogP) is 2.29. The molecule has 1 rings (SSSR count). The molecular weight excluding hydrogens is 288 g/mol. The molecule has 0 aromatic heterocycles. The van der Waals surface area contributed by atoms with E-state index in [0.29, 0.717) is 11.8 Å². The molecule has 1 amide bonds. The Morgan fingerprint density at radius 3 is 2.65 bits per heavy atom. The van der Waals surface area contributed by atoms with E-state index in [-0.39, 0.29) is 12.0 Å². The molecule has 0 saturated heterocycles. The van der Waals surface area contributed by atoms with E-state index in [4.69, 9.17) is 5.11 Å². The van der Waals surface area contributed by atoms with E-state index in [1.54, 1.807) is 11.8 Å². The van der Waals surface area contributed by atoms with Crippen LogP contribution in [-0.2, 0) is 4.79 Å². The second kappa shape index (κ2) is 7.84. The van der Waals surface area contributed by atoms with E-state index in [0.717, 1.165) is 17.9 Å². The summed E-state index contributed by atoms with van der Waals surface area (Å²) in [5.74, 6) is -2.45. The number of carbonyl (C=O) groups excluding carboxylic acids is 1. The number of halogens is 2. The molecular formula is C13H15F2NO3S. The lowest BCUT2D eigenvalue weighted by atomic mass is 10.1. The average molecular weight is 303 g/mol. The summed E-state index contributed by atoms with van der Waals surface area (Å²) >= 11 is 1.54. The molecule has 1 aromatic rings. The van der Waals surface area contributed by atoms with Gasteiger partial charge in [-0.1, -0.05) is 6.92 Å². The molecule has 0 spiro atoms. The van der Waals surface area contributed by atoms with Gasteiger partial charge >= 0.3 is 5.97 Å². The summed E-state index contributed by atoms with van der Waals surface area (Å²) in [6.07, 6.45) is 0.238. The van der Waals surface area contributed by atoms with Gasteiger partial charge in [-0.05, 0) is 30.1 Å². The zero-order valence-electron chi connectivity index (χ0n) is 10.9. The number of hydrogen-bond acceptors (Lipinski definition) is 3. The zero-order valence-corrected chi connectivity index (χ0v) is 11.7. The van der Waals surface area contributed by atoms with Gasteiger partial charge in [0.2, 0.25) is 0 Å². The van der Waals surface area contributed by atoms with Crippen molar-refractivity contribution in [2.75, 3.05) is 11.5 Å².